The first-order valence-electron chi connectivity index (χ1n) is 7.38. The molecule has 0 unspecified atom stereocenters. The lowest BCUT2D eigenvalue weighted by molar-refractivity contribution is -0.121. The van der Waals surface area contributed by atoms with Gasteiger partial charge in [-0.3, -0.25) is 9.59 Å². The van der Waals surface area contributed by atoms with Crippen LogP contribution in [0.4, 0.5) is 4.39 Å². The van der Waals surface area contributed by atoms with Gasteiger partial charge < -0.3 is 10.3 Å². The van der Waals surface area contributed by atoms with Crippen LogP contribution in [0.3, 0.4) is 0 Å². The molecule has 22 heavy (non-hydrogen) atoms. The number of H-pyrrole nitrogens is 1. The van der Waals surface area contributed by atoms with Crippen molar-refractivity contribution in [2.45, 2.75) is 31.7 Å². The van der Waals surface area contributed by atoms with Crippen LogP contribution in [0.15, 0.2) is 41.2 Å². The van der Waals surface area contributed by atoms with E-state index in [0.717, 1.165) is 30.5 Å². The number of aromatic nitrogens is 1. The van der Waals surface area contributed by atoms with E-state index >= 15 is 0 Å². The number of amides is 1. The minimum absolute atomic E-state index is 0.0157. The van der Waals surface area contributed by atoms with Crippen LogP contribution in [0.2, 0.25) is 0 Å². The number of aryl methyl sites for hydroxylation is 1. The summed E-state index contributed by atoms with van der Waals surface area (Å²) < 4.78 is 13.6. The number of nitrogens with one attached hydrogen (secondary N) is 2. The van der Waals surface area contributed by atoms with Crippen molar-refractivity contribution in [2.75, 3.05) is 0 Å². The number of hydrogen-bond donors (Lipinski definition) is 2. The zero-order chi connectivity index (χ0) is 15.5. The molecule has 0 fully saturated rings. The summed E-state index contributed by atoms with van der Waals surface area (Å²) in [6, 6.07) is 9.39. The smallest absolute Gasteiger partial charge is 0.248 e. The van der Waals surface area contributed by atoms with E-state index in [2.05, 4.69) is 10.3 Å². The molecule has 2 N–H and O–H groups in total. The van der Waals surface area contributed by atoms with Crippen molar-refractivity contribution in [3.8, 4) is 0 Å². The Labute approximate surface area is 127 Å². The number of rotatable bonds is 3. The first-order valence-corrected chi connectivity index (χ1v) is 7.38. The second-order valence-electron chi connectivity index (χ2n) is 5.54. The quantitative estimate of drug-likeness (QED) is 0.913. The molecule has 1 aromatic carbocycles. The molecular formula is C17H17FN2O2. The van der Waals surface area contributed by atoms with Crippen molar-refractivity contribution in [1.82, 2.24) is 10.3 Å². The summed E-state index contributed by atoms with van der Waals surface area (Å²) in [5.74, 6) is -0.583. The zero-order valence-corrected chi connectivity index (χ0v) is 12.1. The van der Waals surface area contributed by atoms with Crippen LogP contribution in [-0.4, -0.2) is 10.9 Å². The number of hydrogen-bond acceptors (Lipinski definition) is 2. The number of carbonyl (C=O) groups excluding carboxylic acids is 1. The molecular weight excluding hydrogens is 283 g/mol. The molecule has 5 heteroatoms. The Hall–Kier alpha value is -2.43. The van der Waals surface area contributed by atoms with Gasteiger partial charge in [-0.2, -0.15) is 0 Å². The van der Waals surface area contributed by atoms with E-state index in [4.69, 9.17) is 0 Å². The summed E-state index contributed by atoms with van der Waals surface area (Å²) in [6.45, 7) is 0. The van der Waals surface area contributed by atoms with Gasteiger partial charge in [-0.25, -0.2) is 4.39 Å². The van der Waals surface area contributed by atoms with Crippen LogP contribution in [-0.2, 0) is 17.6 Å². The number of fused-ring (bicyclic) bond motifs is 1. The van der Waals surface area contributed by atoms with Gasteiger partial charge in [0.1, 0.15) is 5.82 Å². The molecule has 0 aliphatic heterocycles. The molecule has 0 saturated carbocycles. The molecule has 3 rings (SSSR count). The molecule has 114 valence electrons. The largest absolute Gasteiger partial charge is 0.349 e. The maximum Gasteiger partial charge on any atom is 0.248 e. The average molecular weight is 300 g/mol. The van der Waals surface area contributed by atoms with Gasteiger partial charge in [-0.05, 0) is 42.5 Å². The molecule has 0 spiro atoms. The minimum atomic E-state index is -0.369. The third-order valence-electron chi connectivity index (χ3n) is 3.98. The molecule has 1 aliphatic carbocycles. The van der Waals surface area contributed by atoms with Gasteiger partial charge in [0, 0.05) is 11.8 Å². The normalized spacial score (nSPS) is 16.9. The minimum Gasteiger partial charge on any atom is -0.349 e. The molecule has 1 atom stereocenters. The lowest BCUT2D eigenvalue weighted by Gasteiger charge is -2.26. The Balaban J connectivity index is 1.73. The second-order valence-corrected chi connectivity index (χ2v) is 5.54. The highest BCUT2D eigenvalue weighted by Gasteiger charge is 2.22. The van der Waals surface area contributed by atoms with Gasteiger partial charge in [-0.15, -0.1) is 0 Å². The summed E-state index contributed by atoms with van der Waals surface area (Å²) >= 11 is 0. The van der Waals surface area contributed by atoms with E-state index in [1.807, 2.05) is 0 Å². The first kappa shape index (κ1) is 14.5. The van der Waals surface area contributed by atoms with E-state index < -0.39 is 0 Å². The number of halogens is 1. The van der Waals surface area contributed by atoms with Gasteiger partial charge >= 0.3 is 0 Å². The Bertz CT molecular complexity index is 754. The Morgan fingerprint density at radius 3 is 2.91 bits per heavy atom. The summed E-state index contributed by atoms with van der Waals surface area (Å²) in [5.41, 5.74) is 2.09. The van der Waals surface area contributed by atoms with E-state index in [9.17, 15) is 14.0 Å². The molecule has 1 aliphatic rings. The number of pyridine rings is 1. The van der Waals surface area contributed by atoms with Crippen molar-refractivity contribution in [2.24, 2.45) is 0 Å². The number of benzene rings is 1. The fraction of sp³-hybridized carbons (Fsp3) is 0.294. The predicted octanol–water partition coefficient (Wildman–Crippen LogP) is 2.25. The van der Waals surface area contributed by atoms with Crippen LogP contribution in [0.5, 0.6) is 0 Å². The predicted molar refractivity (Wildman–Crippen MR) is 81.0 cm³/mol. The Kier molecular flexibility index (Phi) is 4.04. The Morgan fingerprint density at radius 2 is 2.09 bits per heavy atom. The average Bonchev–Trinajstić information content (AvgIpc) is 2.49. The lowest BCUT2D eigenvalue weighted by atomic mass is 9.91. The van der Waals surface area contributed by atoms with Crippen molar-refractivity contribution < 1.29 is 9.18 Å². The molecule has 0 saturated heterocycles. The summed E-state index contributed by atoms with van der Waals surface area (Å²) in [7, 11) is 0. The molecule has 1 heterocycles. The van der Waals surface area contributed by atoms with Crippen LogP contribution >= 0.6 is 0 Å². The van der Waals surface area contributed by atoms with Crippen LogP contribution in [0, 0.1) is 5.82 Å². The lowest BCUT2D eigenvalue weighted by Crippen LogP contribution is -2.33. The summed E-state index contributed by atoms with van der Waals surface area (Å²) in [6.07, 6.45) is 2.55. The van der Waals surface area contributed by atoms with E-state index in [0.29, 0.717) is 5.56 Å². The summed E-state index contributed by atoms with van der Waals surface area (Å²) in [4.78, 5) is 26.3. The molecule has 0 radical (unpaired) electrons. The molecule has 4 nitrogen and oxygen atoms in total. The monoisotopic (exact) mass is 300 g/mol. The third-order valence-corrected chi connectivity index (χ3v) is 3.98. The highest BCUT2D eigenvalue weighted by Crippen LogP contribution is 2.27. The van der Waals surface area contributed by atoms with Crippen molar-refractivity contribution >= 4 is 5.91 Å². The van der Waals surface area contributed by atoms with Crippen molar-refractivity contribution in [3.05, 3.63) is 69.4 Å². The molecule has 1 aromatic heterocycles. The van der Waals surface area contributed by atoms with Crippen molar-refractivity contribution in [3.63, 3.8) is 0 Å². The topological polar surface area (TPSA) is 62.0 Å². The SMILES string of the molecule is O=C(Cc1ccccc1F)N[C@H]1CCCc2[nH]c(=O)ccc21. The standard InChI is InChI=1S/C17H17FN2O2/c18-13-5-2-1-4-11(13)10-17(22)20-15-7-3-6-14-12(15)8-9-16(21)19-14/h1-2,4-5,8-9,15H,3,6-7,10H2,(H,19,21)(H,20,22)/t15-/m0/s1. The van der Waals surface area contributed by atoms with Gasteiger partial charge in [-0.1, -0.05) is 18.2 Å². The van der Waals surface area contributed by atoms with Crippen LogP contribution < -0.4 is 10.9 Å². The fourth-order valence-electron chi connectivity index (χ4n) is 2.91. The highest BCUT2D eigenvalue weighted by atomic mass is 19.1. The van der Waals surface area contributed by atoms with Crippen LogP contribution in [0.25, 0.3) is 0 Å². The maximum absolute atomic E-state index is 13.6. The number of aromatic amines is 1. The van der Waals surface area contributed by atoms with E-state index in [1.54, 1.807) is 24.3 Å². The fourth-order valence-corrected chi connectivity index (χ4v) is 2.91. The number of carbonyl (C=O) groups is 1. The van der Waals surface area contributed by atoms with Gasteiger partial charge in [0.05, 0.1) is 12.5 Å². The molecule has 2 aromatic rings. The van der Waals surface area contributed by atoms with E-state index in [-0.39, 0.29) is 29.7 Å². The van der Waals surface area contributed by atoms with Gasteiger partial charge in [0.25, 0.3) is 0 Å². The second kappa shape index (κ2) is 6.13. The van der Waals surface area contributed by atoms with E-state index in [1.165, 1.54) is 12.1 Å². The first-order chi connectivity index (χ1) is 10.6. The molecule has 1 amide bonds. The molecule has 0 bridgehead atoms. The highest BCUT2D eigenvalue weighted by molar-refractivity contribution is 5.79. The van der Waals surface area contributed by atoms with Gasteiger partial charge in [0.2, 0.25) is 11.5 Å². The third kappa shape index (κ3) is 3.08. The zero-order valence-electron chi connectivity index (χ0n) is 12.1. The van der Waals surface area contributed by atoms with Gasteiger partial charge in [0.15, 0.2) is 0 Å². The van der Waals surface area contributed by atoms with Crippen LogP contribution in [0.1, 0.15) is 35.7 Å². The maximum atomic E-state index is 13.6. The van der Waals surface area contributed by atoms with Crippen molar-refractivity contribution in [1.29, 1.82) is 0 Å². The summed E-state index contributed by atoms with van der Waals surface area (Å²) in [5, 5.41) is 2.94. The Morgan fingerprint density at radius 1 is 1.27 bits per heavy atom.